The van der Waals surface area contributed by atoms with Gasteiger partial charge in [-0.25, -0.2) is 14.3 Å². The Labute approximate surface area is 146 Å². The second kappa shape index (κ2) is 6.34. The summed E-state index contributed by atoms with van der Waals surface area (Å²) in [6, 6.07) is 1.87. The Morgan fingerprint density at radius 3 is 2.44 bits per heavy atom. The number of ether oxygens (including phenoxy) is 1. The Balaban J connectivity index is 1.71. The minimum absolute atomic E-state index is 0.0607. The highest BCUT2D eigenvalue weighted by Gasteiger charge is 2.26. The number of anilines is 1. The zero-order chi connectivity index (χ0) is 18.2. The number of amides is 1. The average molecular weight is 345 g/mol. The predicted octanol–water partition coefficient (Wildman–Crippen LogP) is 1.99. The number of fused-ring (bicyclic) bond motifs is 1. The number of hydrogen-bond acceptors (Lipinski definition) is 6. The van der Waals surface area contributed by atoms with Crippen LogP contribution in [-0.4, -0.2) is 63.2 Å². The Bertz CT molecular complexity index is 800. The molecule has 0 atom stereocenters. The first-order valence-corrected chi connectivity index (χ1v) is 8.33. The highest BCUT2D eigenvalue weighted by Crippen LogP contribution is 2.18. The monoisotopic (exact) mass is 345 g/mol. The molecule has 0 aromatic carbocycles. The molecule has 0 bridgehead atoms. The first-order valence-electron chi connectivity index (χ1n) is 8.33. The number of piperazine rings is 1. The second-order valence-corrected chi connectivity index (χ2v) is 7.12. The standard InChI is InChI=1S/C17H23N5O3/c1-12(23)13-11-18-22-6-5-14(19-15(13)22)20-7-9-21(10-8-20)16(24)25-17(2,3)4/h5-6,11H,7-10H2,1-4H3. The van der Waals surface area contributed by atoms with Gasteiger partial charge in [-0.3, -0.25) is 4.79 Å². The number of ketones is 1. The number of aromatic nitrogens is 3. The lowest BCUT2D eigenvalue weighted by Gasteiger charge is -2.36. The van der Waals surface area contributed by atoms with E-state index in [2.05, 4.69) is 15.0 Å². The summed E-state index contributed by atoms with van der Waals surface area (Å²) < 4.78 is 7.01. The van der Waals surface area contributed by atoms with Gasteiger partial charge >= 0.3 is 6.09 Å². The van der Waals surface area contributed by atoms with E-state index in [0.29, 0.717) is 37.4 Å². The zero-order valence-electron chi connectivity index (χ0n) is 15.0. The molecule has 0 saturated carbocycles. The summed E-state index contributed by atoms with van der Waals surface area (Å²) in [5.41, 5.74) is 0.570. The molecule has 1 aliphatic rings. The number of Topliss-reactive ketones (excluding diaryl/α,β-unsaturated/α-hetero) is 1. The lowest BCUT2D eigenvalue weighted by molar-refractivity contribution is 0.0240. The molecule has 2 aromatic rings. The topological polar surface area (TPSA) is 80.0 Å². The van der Waals surface area contributed by atoms with E-state index in [9.17, 15) is 9.59 Å². The predicted molar refractivity (Wildman–Crippen MR) is 93.0 cm³/mol. The maximum atomic E-state index is 12.1. The van der Waals surface area contributed by atoms with Crippen LogP contribution < -0.4 is 4.90 Å². The fourth-order valence-electron chi connectivity index (χ4n) is 2.73. The smallest absolute Gasteiger partial charge is 0.410 e. The van der Waals surface area contributed by atoms with Gasteiger partial charge in [0.2, 0.25) is 0 Å². The van der Waals surface area contributed by atoms with E-state index in [1.54, 1.807) is 15.6 Å². The molecule has 1 amide bonds. The highest BCUT2D eigenvalue weighted by atomic mass is 16.6. The van der Waals surface area contributed by atoms with Gasteiger partial charge in [-0.2, -0.15) is 5.10 Å². The van der Waals surface area contributed by atoms with Crippen molar-refractivity contribution < 1.29 is 14.3 Å². The van der Waals surface area contributed by atoms with Gasteiger partial charge in [0.15, 0.2) is 11.4 Å². The summed E-state index contributed by atoms with van der Waals surface area (Å²) in [5, 5.41) is 4.14. The summed E-state index contributed by atoms with van der Waals surface area (Å²) >= 11 is 0. The number of carbonyl (C=O) groups excluding carboxylic acids is 2. The molecule has 25 heavy (non-hydrogen) atoms. The van der Waals surface area contributed by atoms with E-state index < -0.39 is 5.60 Å². The van der Waals surface area contributed by atoms with Gasteiger partial charge in [0, 0.05) is 32.4 Å². The van der Waals surface area contributed by atoms with Gasteiger partial charge < -0.3 is 14.5 Å². The van der Waals surface area contributed by atoms with Gasteiger partial charge in [0.25, 0.3) is 0 Å². The number of carbonyl (C=O) groups is 2. The lowest BCUT2D eigenvalue weighted by atomic mass is 10.2. The third-order valence-electron chi connectivity index (χ3n) is 3.99. The molecule has 1 aliphatic heterocycles. The average Bonchev–Trinajstić information content (AvgIpc) is 2.96. The molecule has 1 fully saturated rings. The molecular weight excluding hydrogens is 322 g/mol. The Morgan fingerprint density at radius 2 is 1.84 bits per heavy atom. The molecule has 0 radical (unpaired) electrons. The SMILES string of the molecule is CC(=O)c1cnn2ccc(N3CCN(C(=O)OC(C)(C)C)CC3)nc12. The van der Waals surface area contributed by atoms with Crippen molar-refractivity contribution in [2.24, 2.45) is 0 Å². The summed E-state index contributed by atoms with van der Waals surface area (Å²) in [4.78, 5) is 32.2. The number of nitrogens with zero attached hydrogens (tertiary/aromatic N) is 5. The van der Waals surface area contributed by atoms with E-state index in [4.69, 9.17) is 4.74 Å². The number of hydrogen-bond donors (Lipinski definition) is 0. The largest absolute Gasteiger partial charge is 0.444 e. The first kappa shape index (κ1) is 17.2. The molecule has 1 saturated heterocycles. The van der Waals surface area contributed by atoms with Crippen molar-refractivity contribution in [2.45, 2.75) is 33.3 Å². The molecule has 8 nitrogen and oxygen atoms in total. The summed E-state index contributed by atoms with van der Waals surface area (Å²) in [5.74, 6) is 0.716. The van der Waals surface area contributed by atoms with Gasteiger partial charge in [0.1, 0.15) is 11.4 Å². The summed E-state index contributed by atoms with van der Waals surface area (Å²) in [6.45, 7) is 9.54. The third-order valence-corrected chi connectivity index (χ3v) is 3.99. The van der Waals surface area contributed by atoms with E-state index in [-0.39, 0.29) is 11.9 Å². The quantitative estimate of drug-likeness (QED) is 0.775. The maximum Gasteiger partial charge on any atom is 0.410 e. The summed E-state index contributed by atoms with van der Waals surface area (Å²) in [7, 11) is 0. The fraction of sp³-hybridized carbons (Fsp3) is 0.529. The van der Waals surface area contributed by atoms with Crippen LogP contribution in [0.15, 0.2) is 18.5 Å². The fourth-order valence-corrected chi connectivity index (χ4v) is 2.73. The highest BCUT2D eigenvalue weighted by molar-refractivity contribution is 5.99. The van der Waals surface area contributed by atoms with Crippen LogP contribution in [0.5, 0.6) is 0 Å². The van der Waals surface area contributed by atoms with Crippen molar-refractivity contribution in [3.63, 3.8) is 0 Å². The summed E-state index contributed by atoms with van der Waals surface area (Å²) in [6.07, 6.45) is 3.05. The van der Waals surface area contributed by atoms with E-state index in [0.717, 1.165) is 5.82 Å². The van der Waals surface area contributed by atoms with Crippen LogP contribution in [0, 0.1) is 0 Å². The molecule has 3 rings (SSSR count). The minimum atomic E-state index is -0.494. The van der Waals surface area contributed by atoms with Crippen molar-refractivity contribution in [1.82, 2.24) is 19.5 Å². The first-order chi connectivity index (χ1) is 11.7. The number of rotatable bonds is 2. The van der Waals surface area contributed by atoms with Crippen LogP contribution in [0.3, 0.4) is 0 Å². The van der Waals surface area contributed by atoms with Crippen LogP contribution in [0.4, 0.5) is 10.6 Å². The molecule has 2 aromatic heterocycles. The molecule has 3 heterocycles. The molecule has 0 unspecified atom stereocenters. The van der Waals surface area contributed by atoms with Gasteiger partial charge in [-0.1, -0.05) is 0 Å². The third kappa shape index (κ3) is 3.72. The van der Waals surface area contributed by atoms with Crippen molar-refractivity contribution in [3.05, 3.63) is 24.0 Å². The van der Waals surface area contributed by atoms with Crippen molar-refractivity contribution in [1.29, 1.82) is 0 Å². The van der Waals surface area contributed by atoms with E-state index >= 15 is 0 Å². The Morgan fingerprint density at radius 1 is 1.16 bits per heavy atom. The second-order valence-electron chi connectivity index (χ2n) is 7.12. The van der Waals surface area contributed by atoms with Gasteiger partial charge in [-0.05, 0) is 33.8 Å². The van der Waals surface area contributed by atoms with Crippen molar-refractivity contribution in [2.75, 3.05) is 31.1 Å². The van der Waals surface area contributed by atoms with Crippen LogP contribution in [-0.2, 0) is 4.74 Å². The van der Waals surface area contributed by atoms with Gasteiger partial charge in [0.05, 0.1) is 11.8 Å². The normalized spacial score (nSPS) is 15.5. The minimum Gasteiger partial charge on any atom is -0.444 e. The van der Waals surface area contributed by atoms with Crippen LogP contribution in [0.1, 0.15) is 38.1 Å². The molecule has 0 spiro atoms. The van der Waals surface area contributed by atoms with Crippen molar-refractivity contribution >= 4 is 23.3 Å². The van der Waals surface area contributed by atoms with E-state index in [1.165, 1.54) is 13.1 Å². The molecule has 8 heteroatoms. The molecule has 134 valence electrons. The Hall–Kier alpha value is -2.64. The zero-order valence-corrected chi connectivity index (χ0v) is 15.0. The van der Waals surface area contributed by atoms with Crippen LogP contribution in [0.25, 0.3) is 5.65 Å². The molecular formula is C17H23N5O3. The molecule has 0 aliphatic carbocycles. The van der Waals surface area contributed by atoms with Crippen LogP contribution >= 0.6 is 0 Å². The Kier molecular flexibility index (Phi) is 4.36. The molecule has 0 N–H and O–H groups in total. The van der Waals surface area contributed by atoms with Crippen LogP contribution in [0.2, 0.25) is 0 Å². The maximum absolute atomic E-state index is 12.1. The lowest BCUT2D eigenvalue weighted by Crippen LogP contribution is -2.50. The van der Waals surface area contributed by atoms with Crippen molar-refractivity contribution in [3.8, 4) is 0 Å². The van der Waals surface area contributed by atoms with Gasteiger partial charge in [-0.15, -0.1) is 0 Å². The van der Waals surface area contributed by atoms with E-state index in [1.807, 2.05) is 26.8 Å².